The van der Waals surface area contributed by atoms with Crippen molar-refractivity contribution in [3.63, 3.8) is 0 Å². The normalized spacial score (nSPS) is 13.3. The first-order chi connectivity index (χ1) is 17.0. The lowest BCUT2D eigenvalue weighted by molar-refractivity contribution is 0.413. The zero-order valence-corrected chi connectivity index (χ0v) is 19.9. The molecule has 0 unspecified atom stereocenters. The Hall–Kier alpha value is -4.31. The van der Waals surface area contributed by atoms with Gasteiger partial charge in [-0.25, -0.2) is 4.79 Å². The monoisotopic (exact) mass is 459 g/mol. The first-order valence-corrected chi connectivity index (χ1v) is 11.7. The summed E-state index contributed by atoms with van der Waals surface area (Å²) in [5.41, 5.74) is 8.12. The van der Waals surface area contributed by atoms with Gasteiger partial charge in [0.2, 0.25) is 0 Å². The van der Waals surface area contributed by atoms with E-state index in [0.29, 0.717) is 11.3 Å². The maximum Gasteiger partial charge on any atom is 0.339 e. The van der Waals surface area contributed by atoms with Gasteiger partial charge in [-0.15, -0.1) is 0 Å². The quantitative estimate of drug-likeness (QED) is 0.260. The molecule has 1 aliphatic carbocycles. The number of fused-ring (bicyclic) bond motifs is 4. The van der Waals surface area contributed by atoms with Crippen LogP contribution in [0.3, 0.4) is 0 Å². The maximum absolute atomic E-state index is 12.1. The molecule has 5 aromatic rings. The Labute approximate surface area is 204 Å². The third-order valence-corrected chi connectivity index (χ3v) is 7.01. The van der Waals surface area contributed by atoms with Gasteiger partial charge in [0.15, 0.2) is 0 Å². The minimum Gasteiger partial charge on any atom is -0.496 e. The molecule has 4 heteroatoms. The van der Waals surface area contributed by atoms with Crippen LogP contribution in [-0.2, 0) is 5.41 Å². The molecule has 0 radical (unpaired) electrons. The molecule has 0 spiro atoms. The predicted octanol–water partition coefficient (Wildman–Crippen LogP) is 7.58. The Kier molecular flexibility index (Phi) is 4.78. The molecule has 0 saturated heterocycles. The van der Waals surface area contributed by atoms with Crippen LogP contribution in [0.1, 0.15) is 25.0 Å². The van der Waals surface area contributed by atoms with Crippen molar-refractivity contribution >= 4 is 28.0 Å². The molecule has 1 heterocycles. The Morgan fingerprint density at radius 2 is 1.40 bits per heavy atom. The van der Waals surface area contributed by atoms with Gasteiger partial charge in [0.1, 0.15) is 11.3 Å². The van der Waals surface area contributed by atoms with E-state index in [1.807, 2.05) is 36.4 Å². The first kappa shape index (κ1) is 21.2. The lowest BCUT2D eigenvalue weighted by Crippen LogP contribution is -2.16. The number of benzene rings is 4. The molecule has 0 atom stereocenters. The lowest BCUT2D eigenvalue weighted by atomic mass is 9.82. The van der Waals surface area contributed by atoms with Gasteiger partial charge in [-0.2, -0.15) is 0 Å². The molecule has 0 N–H and O–H groups in total. The minimum atomic E-state index is -0.435. The number of nitrogens with zero attached hydrogens (tertiary/aromatic N) is 1. The van der Waals surface area contributed by atoms with E-state index in [1.54, 1.807) is 7.11 Å². The summed E-state index contributed by atoms with van der Waals surface area (Å²) >= 11 is 0. The highest BCUT2D eigenvalue weighted by Gasteiger charge is 2.35. The number of anilines is 3. The Bertz CT molecular complexity index is 1630. The van der Waals surface area contributed by atoms with Gasteiger partial charge in [-0.05, 0) is 58.7 Å². The van der Waals surface area contributed by atoms with E-state index in [0.717, 1.165) is 22.4 Å². The molecular formula is C31H25NO3. The lowest BCUT2D eigenvalue weighted by Gasteiger charge is -2.28. The van der Waals surface area contributed by atoms with Crippen LogP contribution in [0, 0.1) is 0 Å². The number of hydrogen-bond acceptors (Lipinski definition) is 4. The van der Waals surface area contributed by atoms with Crippen LogP contribution in [0.4, 0.5) is 17.1 Å². The van der Waals surface area contributed by atoms with Crippen molar-refractivity contribution in [3.8, 4) is 16.9 Å². The van der Waals surface area contributed by atoms with Crippen LogP contribution < -0.4 is 15.3 Å². The molecule has 6 rings (SSSR count). The molecule has 4 aromatic carbocycles. The molecule has 0 amide bonds. The van der Waals surface area contributed by atoms with Crippen LogP contribution in [0.15, 0.2) is 106 Å². The van der Waals surface area contributed by atoms with Crippen molar-refractivity contribution in [2.75, 3.05) is 12.0 Å². The second kappa shape index (κ2) is 7.88. The van der Waals surface area contributed by atoms with Crippen molar-refractivity contribution in [1.29, 1.82) is 0 Å². The summed E-state index contributed by atoms with van der Waals surface area (Å²) in [4.78, 5) is 14.3. The highest BCUT2D eigenvalue weighted by Crippen LogP contribution is 2.50. The molecule has 172 valence electrons. The van der Waals surface area contributed by atoms with E-state index in [4.69, 9.17) is 9.15 Å². The summed E-state index contributed by atoms with van der Waals surface area (Å²) < 4.78 is 11.0. The second-order valence-electron chi connectivity index (χ2n) is 9.39. The van der Waals surface area contributed by atoms with Crippen molar-refractivity contribution in [2.24, 2.45) is 0 Å². The van der Waals surface area contributed by atoms with Crippen LogP contribution >= 0.6 is 0 Å². The Morgan fingerprint density at radius 3 is 2.20 bits per heavy atom. The van der Waals surface area contributed by atoms with E-state index < -0.39 is 5.63 Å². The van der Waals surface area contributed by atoms with Gasteiger partial charge < -0.3 is 14.1 Å². The minimum absolute atomic E-state index is 0.103. The molecule has 1 aliphatic rings. The molecule has 4 nitrogen and oxygen atoms in total. The summed E-state index contributed by atoms with van der Waals surface area (Å²) in [5, 5.41) is 0.759. The predicted molar refractivity (Wildman–Crippen MR) is 141 cm³/mol. The number of ether oxygens (including phenoxy) is 1. The van der Waals surface area contributed by atoms with E-state index >= 15 is 0 Å². The molecule has 0 saturated carbocycles. The zero-order valence-electron chi connectivity index (χ0n) is 19.9. The van der Waals surface area contributed by atoms with Gasteiger partial charge in [0, 0.05) is 28.5 Å². The summed E-state index contributed by atoms with van der Waals surface area (Å²) in [5.74, 6) is 0.506. The average Bonchev–Trinajstić information content (AvgIpc) is 3.11. The smallest absolute Gasteiger partial charge is 0.339 e. The number of hydrogen-bond donors (Lipinski definition) is 0. The van der Waals surface area contributed by atoms with Crippen LogP contribution in [0.25, 0.3) is 22.1 Å². The zero-order chi connectivity index (χ0) is 24.2. The Morgan fingerprint density at radius 1 is 0.714 bits per heavy atom. The van der Waals surface area contributed by atoms with Gasteiger partial charge in [0.05, 0.1) is 18.6 Å². The van der Waals surface area contributed by atoms with E-state index in [9.17, 15) is 4.79 Å². The van der Waals surface area contributed by atoms with Gasteiger partial charge in [-0.3, -0.25) is 0 Å². The molecular weight excluding hydrogens is 434 g/mol. The maximum atomic E-state index is 12.1. The summed E-state index contributed by atoms with van der Waals surface area (Å²) in [6.45, 7) is 4.57. The molecule has 0 aliphatic heterocycles. The van der Waals surface area contributed by atoms with E-state index in [-0.39, 0.29) is 5.41 Å². The molecule has 35 heavy (non-hydrogen) atoms. The van der Waals surface area contributed by atoms with Crippen molar-refractivity contribution in [2.45, 2.75) is 19.3 Å². The number of methoxy groups -OCH3 is 1. The second-order valence-corrected chi connectivity index (χ2v) is 9.39. The fourth-order valence-corrected chi connectivity index (χ4v) is 5.29. The molecule has 0 fully saturated rings. The molecule has 0 bridgehead atoms. The highest BCUT2D eigenvalue weighted by atomic mass is 16.5. The Balaban J connectivity index is 1.56. The third kappa shape index (κ3) is 3.33. The summed E-state index contributed by atoms with van der Waals surface area (Å²) in [6.07, 6.45) is 0. The van der Waals surface area contributed by atoms with E-state index in [1.165, 1.54) is 28.3 Å². The fourth-order valence-electron chi connectivity index (χ4n) is 5.29. The van der Waals surface area contributed by atoms with Crippen LogP contribution in [-0.4, -0.2) is 7.11 Å². The SMILES string of the molecule is COc1cc(=O)oc2cc(N(c3ccccc3)c3ccc4c(c3)C(C)(C)c3ccccc3-4)ccc12. The third-order valence-electron chi connectivity index (χ3n) is 7.01. The van der Waals surface area contributed by atoms with E-state index in [2.05, 4.69) is 73.3 Å². The van der Waals surface area contributed by atoms with Gasteiger partial charge in [-0.1, -0.05) is 62.4 Å². The summed E-state index contributed by atoms with van der Waals surface area (Å²) in [6, 6.07) is 32.8. The summed E-state index contributed by atoms with van der Waals surface area (Å²) in [7, 11) is 1.56. The van der Waals surface area contributed by atoms with Gasteiger partial charge in [0.25, 0.3) is 0 Å². The van der Waals surface area contributed by atoms with Crippen molar-refractivity contribution in [1.82, 2.24) is 0 Å². The van der Waals surface area contributed by atoms with Crippen molar-refractivity contribution < 1.29 is 9.15 Å². The van der Waals surface area contributed by atoms with Crippen LogP contribution in [0.5, 0.6) is 5.75 Å². The average molecular weight is 460 g/mol. The topological polar surface area (TPSA) is 42.7 Å². The largest absolute Gasteiger partial charge is 0.496 e. The number of rotatable bonds is 4. The highest BCUT2D eigenvalue weighted by molar-refractivity contribution is 5.90. The number of para-hydroxylation sites is 1. The standard InChI is InChI=1S/C31H25NO3/c1-31(2)26-12-8-7-11-23(26)24-15-13-21(17-27(24)31)32(20-9-5-4-6-10-20)22-14-16-25-28(34-3)19-30(33)35-29(25)18-22/h4-19H,1-3H3. The molecule has 1 aromatic heterocycles. The van der Waals surface area contributed by atoms with Crippen molar-refractivity contribution in [3.05, 3.63) is 119 Å². The fraction of sp³-hybridized carbons (Fsp3) is 0.129. The first-order valence-electron chi connectivity index (χ1n) is 11.7. The van der Waals surface area contributed by atoms with Gasteiger partial charge >= 0.3 is 5.63 Å². The van der Waals surface area contributed by atoms with Crippen LogP contribution in [0.2, 0.25) is 0 Å².